The molecule has 0 aromatic heterocycles. The highest BCUT2D eigenvalue weighted by Gasteiger charge is 1.99. The summed E-state index contributed by atoms with van der Waals surface area (Å²) < 4.78 is 0. The molecule has 10 heavy (non-hydrogen) atoms. The minimum absolute atomic E-state index is 0.141. The van der Waals surface area contributed by atoms with Gasteiger partial charge in [-0.3, -0.25) is 0 Å². The highest BCUT2D eigenvalue weighted by Crippen LogP contribution is 1.82. The van der Waals surface area contributed by atoms with E-state index in [4.69, 9.17) is 17.3 Å². The molecule has 3 nitrogen and oxygen atoms in total. The average molecular weight is 162 g/mol. The van der Waals surface area contributed by atoms with Crippen molar-refractivity contribution in [3.8, 4) is 0 Å². The molecule has 0 radical (unpaired) electrons. The number of nitrogens with one attached hydrogen (secondary N) is 1. The van der Waals surface area contributed by atoms with Crippen molar-refractivity contribution in [2.45, 2.75) is 6.92 Å². The third kappa shape index (κ3) is 3.63. The molecular weight excluding hydrogens is 148 g/mol. The topological polar surface area (TPSA) is 35.5 Å². The molecule has 0 aliphatic heterocycles. The fourth-order valence-corrected chi connectivity index (χ4v) is 0.773. The molecule has 2 N–H and O–H groups in total. The molecule has 0 spiro atoms. The van der Waals surface area contributed by atoms with Crippen LogP contribution >= 0.6 is 12.2 Å². The summed E-state index contributed by atoms with van der Waals surface area (Å²) >= 11 is 4.94. The Labute approximate surface area is 67.0 Å². The fraction of sp³-hybridized carbons (Fsp3) is 0.833. The molecule has 60 valence electrons. The van der Waals surface area contributed by atoms with Crippen LogP contribution in [0.2, 0.25) is 0 Å². The van der Waals surface area contributed by atoms with Crippen molar-refractivity contribution < 1.29 is 5.11 Å². The SMILES string of the molecule is CCNC(=S)N(C)CCO. The lowest BCUT2D eigenvalue weighted by molar-refractivity contribution is 0.263. The number of thiocarbonyl (C=S) groups is 1. The zero-order chi connectivity index (χ0) is 7.98. The van der Waals surface area contributed by atoms with Crippen LogP contribution in [-0.4, -0.2) is 41.9 Å². The van der Waals surface area contributed by atoms with Crippen molar-refractivity contribution in [2.24, 2.45) is 0 Å². The molecule has 0 aromatic carbocycles. The summed E-state index contributed by atoms with van der Waals surface area (Å²) in [6.45, 7) is 3.54. The van der Waals surface area contributed by atoms with Gasteiger partial charge >= 0.3 is 0 Å². The van der Waals surface area contributed by atoms with Gasteiger partial charge in [0.2, 0.25) is 0 Å². The van der Waals surface area contributed by atoms with Crippen LogP contribution in [0.15, 0.2) is 0 Å². The van der Waals surface area contributed by atoms with Crippen LogP contribution in [0.5, 0.6) is 0 Å². The first kappa shape index (κ1) is 9.65. The molecule has 0 unspecified atom stereocenters. The Morgan fingerprint density at radius 1 is 1.70 bits per heavy atom. The number of nitrogens with zero attached hydrogens (tertiary/aromatic N) is 1. The van der Waals surface area contributed by atoms with E-state index < -0.39 is 0 Å². The molecule has 0 rings (SSSR count). The molecule has 0 aromatic rings. The Kier molecular flexibility index (Phi) is 5.25. The lowest BCUT2D eigenvalue weighted by Gasteiger charge is -2.18. The van der Waals surface area contributed by atoms with E-state index in [2.05, 4.69) is 5.32 Å². The number of rotatable bonds is 3. The number of aliphatic hydroxyl groups is 1. The molecule has 0 saturated carbocycles. The zero-order valence-corrected chi connectivity index (χ0v) is 7.24. The molecule has 4 heteroatoms. The number of hydrogen-bond donors (Lipinski definition) is 2. The fourth-order valence-electron chi connectivity index (χ4n) is 0.538. The number of aliphatic hydroxyl groups excluding tert-OH is 1. The standard InChI is InChI=1S/C6H14N2OS/c1-3-7-6(10)8(2)4-5-9/h9H,3-5H2,1-2H3,(H,7,10). The van der Waals surface area contributed by atoms with E-state index >= 15 is 0 Å². The Bertz CT molecular complexity index is 108. The van der Waals surface area contributed by atoms with Gasteiger partial charge in [0.25, 0.3) is 0 Å². The van der Waals surface area contributed by atoms with Crippen molar-refractivity contribution in [3.05, 3.63) is 0 Å². The van der Waals surface area contributed by atoms with Crippen LogP contribution in [0.4, 0.5) is 0 Å². The highest BCUT2D eigenvalue weighted by atomic mass is 32.1. The summed E-state index contributed by atoms with van der Waals surface area (Å²) in [7, 11) is 1.85. The van der Waals surface area contributed by atoms with Gasteiger partial charge in [0.15, 0.2) is 5.11 Å². The van der Waals surface area contributed by atoms with Crippen molar-refractivity contribution in [2.75, 3.05) is 26.7 Å². The minimum atomic E-state index is 0.141. The maximum absolute atomic E-state index is 8.52. The van der Waals surface area contributed by atoms with Gasteiger partial charge in [0, 0.05) is 20.1 Å². The molecule has 0 heterocycles. The lowest BCUT2D eigenvalue weighted by Crippen LogP contribution is -2.38. The normalized spacial score (nSPS) is 9.10. The van der Waals surface area contributed by atoms with Gasteiger partial charge in [-0.25, -0.2) is 0 Å². The first-order valence-electron chi connectivity index (χ1n) is 3.32. The van der Waals surface area contributed by atoms with E-state index in [1.54, 1.807) is 4.90 Å². The Hall–Kier alpha value is -0.350. The predicted octanol–water partition coefficient (Wildman–Crippen LogP) is -0.195. The van der Waals surface area contributed by atoms with Crippen molar-refractivity contribution in [1.82, 2.24) is 10.2 Å². The van der Waals surface area contributed by atoms with Crippen LogP contribution in [0, 0.1) is 0 Å². The minimum Gasteiger partial charge on any atom is -0.395 e. The molecule has 0 saturated heterocycles. The maximum Gasteiger partial charge on any atom is 0.168 e. The summed E-state index contributed by atoms with van der Waals surface area (Å²) in [4.78, 5) is 1.80. The first-order chi connectivity index (χ1) is 4.72. The average Bonchev–Trinajstić information content (AvgIpc) is 1.89. The lowest BCUT2D eigenvalue weighted by atomic mass is 10.6. The van der Waals surface area contributed by atoms with E-state index in [0.717, 1.165) is 6.54 Å². The van der Waals surface area contributed by atoms with Crippen LogP contribution < -0.4 is 5.32 Å². The highest BCUT2D eigenvalue weighted by molar-refractivity contribution is 7.80. The van der Waals surface area contributed by atoms with Gasteiger partial charge in [0.1, 0.15) is 0 Å². The van der Waals surface area contributed by atoms with Gasteiger partial charge in [-0.05, 0) is 19.1 Å². The summed E-state index contributed by atoms with van der Waals surface area (Å²) in [5.74, 6) is 0. The Morgan fingerprint density at radius 2 is 2.30 bits per heavy atom. The second-order valence-electron chi connectivity index (χ2n) is 1.98. The molecule has 0 aliphatic carbocycles. The van der Waals surface area contributed by atoms with E-state index in [0.29, 0.717) is 11.7 Å². The van der Waals surface area contributed by atoms with E-state index in [1.807, 2.05) is 14.0 Å². The monoisotopic (exact) mass is 162 g/mol. The third-order valence-electron chi connectivity index (χ3n) is 1.11. The predicted molar refractivity (Wildman–Crippen MR) is 46.0 cm³/mol. The van der Waals surface area contributed by atoms with Crippen LogP contribution in [-0.2, 0) is 0 Å². The quantitative estimate of drug-likeness (QED) is 0.564. The van der Waals surface area contributed by atoms with Crippen LogP contribution in [0.25, 0.3) is 0 Å². The maximum atomic E-state index is 8.52. The second kappa shape index (κ2) is 5.44. The summed E-state index contributed by atoms with van der Waals surface area (Å²) in [6, 6.07) is 0. The van der Waals surface area contributed by atoms with Crippen molar-refractivity contribution in [1.29, 1.82) is 0 Å². The molecule has 0 aliphatic rings. The number of likely N-dealkylation sites (N-methyl/N-ethyl adjacent to an activating group) is 1. The van der Waals surface area contributed by atoms with Crippen LogP contribution in [0.3, 0.4) is 0 Å². The molecule has 0 bridgehead atoms. The molecule has 0 atom stereocenters. The summed E-state index contributed by atoms with van der Waals surface area (Å²) in [5, 5.41) is 12.2. The van der Waals surface area contributed by atoms with Gasteiger partial charge in [-0.15, -0.1) is 0 Å². The summed E-state index contributed by atoms with van der Waals surface area (Å²) in [6.07, 6.45) is 0. The van der Waals surface area contributed by atoms with Gasteiger partial charge in [-0.2, -0.15) is 0 Å². The van der Waals surface area contributed by atoms with E-state index in [1.165, 1.54) is 0 Å². The third-order valence-corrected chi connectivity index (χ3v) is 1.57. The van der Waals surface area contributed by atoms with Gasteiger partial charge in [-0.1, -0.05) is 0 Å². The first-order valence-corrected chi connectivity index (χ1v) is 3.73. The van der Waals surface area contributed by atoms with Gasteiger partial charge in [0.05, 0.1) is 6.61 Å². The Morgan fingerprint density at radius 3 is 2.70 bits per heavy atom. The molecular formula is C6H14N2OS. The second-order valence-corrected chi connectivity index (χ2v) is 2.37. The van der Waals surface area contributed by atoms with E-state index in [-0.39, 0.29) is 6.61 Å². The van der Waals surface area contributed by atoms with Crippen molar-refractivity contribution >= 4 is 17.3 Å². The van der Waals surface area contributed by atoms with Crippen LogP contribution in [0.1, 0.15) is 6.92 Å². The summed E-state index contributed by atoms with van der Waals surface area (Å²) in [5.41, 5.74) is 0. The zero-order valence-electron chi connectivity index (χ0n) is 6.42. The Balaban J connectivity index is 3.49. The number of hydrogen-bond acceptors (Lipinski definition) is 2. The van der Waals surface area contributed by atoms with Crippen molar-refractivity contribution in [3.63, 3.8) is 0 Å². The molecule has 0 fully saturated rings. The van der Waals surface area contributed by atoms with E-state index in [9.17, 15) is 0 Å². The largest absolute Gasteiger partial charge is 0.395 e. The smallest absolute Gasteiger partial charge is 0.168 e. The van der Waals surface area contributed by atoms with Gasteiger partial charge < -0.3 is 15.3 Å². The molecule has 0 amide bonds.